The third-order valence-corrected chi connectivity index (χ3v) is 5.08. The van der Waals surface area contributed by atoms with Crippen LogP contribution in [0, 0.1) is 0 Å². The molecule has 3 nitrogen and oxygen atoms in total. The predicted octanol–water partition coefficient (Wildman–Crippen LogP) is 4.84. The van der Waals surface area contributed by atoms with Gasteiger partial charge in [0.1, 0.15) is 0 Å². The largest absolute Gasteiger partial charge is 0.305 e. The minimum Gasteiger partial charge on any atom is -0.305 e. The van der Waals surface area contributed by atoms with E-state index in [0.717, 1.165) is 34.1 Å². The summed E-state index contributed by atoms with van der Waals surface area (Å²) >= 11 is 7.16. The smallest absolute Gasteiger partial charge is 0.0767 e. The second-order valence-electron chi connectivity index (χ2n) is 5.03. The molecule has 1 N–H and O–H groups in total. The number of rotatable bonds is 6. The number of nitrogens with zero attached hydrogens (tertiary/aromatic N) is 2. The summed E-state index contributed by atoms with van der Waals surface area (Å²) in [5, 5.41) is 8.21. The van der Waals surface area contributed by atoms with E-state index in [0.29, 0.717) is 6.04 Å². The molecule has 1 heterocycles. The van der Waals surface area contributed by atoms with E-state index in [1.165, 1.54) is 11.3 Å². The monoisotopic (exact) mass is 413 g/mol. The van der Waals surface area contributed by atoms with Crippen LogP contribution in [0.25, 0.3) is 0 Å². The standard InChI is InChI=1S/C16H21Br2N3/c1-4-14-16(18)15(21(5-2)20-14)10-19-11(3)12-6-8-13(17)9-7-12/h6-9,11,19H,4-5,10H2,1-3H3/t11-/m1/s1. The first kappa shape index (κ1) is 16.7. The lowest BCUT2D eigenvalue weighted by molar-refractivity contribution is 0.529. The van der Waals surface area contributed by atoms with E-state index in [1.54, 1.807) is 0 Å². The lowest BCUT2D eigenvalue weighted by atomic mass is 10.1. The van der Waals surface area contributed by atoms with E-state index in [4.69, 9.17) is 0 Å². The van der Waals surface area contributed by atoms with E-state index in [-0.39, 0.29) is 0 Å². The molecule has 21 heavy (non-hydrogen) atoms. The first-order chi connectivity index (χ1) is 10.1. The zero-order valence-corrected chi connectivity index (χ0v) is 15.8. The molecular weight excluding hydrogens is 394 g/mol. The number of benzene rings is 1. The Morgan fingerprint density at radius 2 is 1.86 bits per heavy atom. The van der Waals surface area contributed by atoms with Gasteiger partial charge in [0.05, 0.1) is 15.9 Å². The fourth-order valence-corrected chi connectivity index (χ4v) is 3.27. The minimum atomic E-state index is 0.301. The van der Waals surface area contributed by atoms with Gasteiger partial charge in [0, 0.05) is 23.6 Å². The summed E-state index contributed by atoms with van der Waals surface area (Å²) in [7, 11) is 0. The van der Waals surface area contributed by atoms with Gasteiger partial charge < -0.3 is 5.32 Å². The Balaban J connectivity index is 2.09. The fourth-order valence-electron chi connectivity index (χ4n) is 2.31. The topological polar surface area (TPSA) is 29.9 Å². The van der Waals surface area contributed by atoms with Crippen LogP contribution in [-0.4, -0.2) is 9.78 Å². The summed E-state index contributed by atoms with van der Waals surface area (Å²) in [4.78, 5) is 0. The van der Waals surface area contributed by atoms with Crippen molar-refractivity contribution in [3.63, 3.8) is 0 Å². The number of hydrogen-bond donors (Lipinski definition) is 1. The van der Waals surface area contributed by atoms with Crippen molar-refractivity contribution in [2.75, 3.05) is 0 Å². The van der Waals surface area contributed by atoms with Crippen molar-refractivity contribution < 1.29 is 0 Å². The number of aryl methyl sites for hydroxylation is 2. The Labute approximate surface area is 143 Å². The Morgan fingerprint density at radius 3 is 2.43 bits per heavy atom. The first-order valence-electron chi connectivity index (χ1n) is 7.29. The molecule has 114 valence electrons. The molecule has 0 saturated heterocycles. The highest BCUT2D eigenvalue weighted by atomic mass is 79.9. The SMILES string of the molecule is CCc1nn(CC)c(CN[C@H](C)c2ccc(Br)cc2)c1Br. The van der Waals surface area contributed by atoms with E-state index < -0.39 is 0 Å². The molecule has 0 amide bonds. The second kappa shape index (κ2) is 7.56. The highest BCUT2D eigenvalue weighted by Gasteiger charge is 2.14. The Kier molecular flexibility index (Phi) is 6.02. The Morgan fingerprint density at radius 1 is 1.19 bits per heavy atom. The summed E-state index contributed by atoms with van der Waals surface area (Å²) in [5.74, 6) is 0. The number of aromatic nitrogens is 2. The number of nitrogens with one attached hydrogen (secondary N) is 1. The van der Waals surface area contributed by atoms with E-state index in [1.807, 2.05) is 0 Å². The van der Waals surface area contributed by atoms with Crippen molar-refractivity contribution >= 4 is 31.9 Å². The summed E-state index contributed by atoms with van der Waals surface area (Å²) in [6.45, 7) is 8.14. The predicted molar refractivity (Wildman–Crippen MR) is 94.4 cm³/mol. The molecule has 0 saturated carbocycles. The van der Waals surface area contributed by atoms with Gasteiger partial charge in [-0.1, -0.05) is 35.0 Å². The van der Waals surface area contributed by atoms with Crippen molar-refractivity contribution in [2.45, 2.75) is 46.3 Å². The average Bonchev–Trinajstić information content (AvgIpc) is 2.81. The Bertz CT molecular complexity index is 590. The molecule has 0 aliphatic rings. The third kappa shape index (κ3) is 3.96. The highest BCUT2D eigenvalue weighted by Crippen LogP contribution is 2.23. The number of hydrogen-bond acceptors (Lipinski definition) is 2. The maximum atomic E-state index is 4.63. The third-order valence-electron chi connectivity index (χ3n) is 3.64. The van der Waals surface area contributed by atoms with Crippen molar-refractivity contribution in [1.82, 2.24) is 15.1 Å². The summed E-state index contributed by atoms with van der Waals surface area (Å²) in [5.41, 5.74) is 3.64. The van der Waals surface area contributed by atoms with Gasteiger partial charge in [-0.25, -0.2) is 0 Å². The van der Waals surface area contributed by atoms with Crippen LogP contribution in [0.1, 0.15) is 43.8 Å². The zero-order valence-electron chi connectivity index (χ0n) is 12.7. The second-order valence-corrected chi connectivity index (χ2v) is 6.74. The van der Waals surface area contributed by atoms with Gasteiger partial charge in [-0.2, -0.15) is 5.10 Å². The molecule has 0 radical (unpaired) electrons. The summed E-state index contributed by atoms with van der Waals surface area (Å²) < 4.78 is 4.32. The Hall–Kier alpha value is -0.650. The van der Waals surface area contributed by atoms with Crippen LogP contribution in [0.5, 0.6) is 0 Å². The van der Waals surface area contributed by atoms with Crippen LogP contribution in [-0.2, 0) is 19.5 Å². The van der Waals surface area contributed by atoms with Gasteiger partial charge in [0.25, 0.3) is 0 Å². The van der Waals surface area contributed by atoms with E-state index in [9.17, 15) is 0 Å². The molecule has 1 atom stereocenters. The maximum Gasteiger partial charge on any atom is 0.0767 e. The molecule has 1 aromatic carbocycles. The van der Waals surface area contributed by atoms with Gasteiger partial charge in [-0.05, 0) is 53.9 Å². The lowest BCUT2D eigenvalue weighted by Crippen LogP contribution is -2.20. The highest BCUT2D eigenvalue weighted by molar-refractivity contribution is 9.10. The summed E-state index contributed by atoms with van der Waals surface area (Å²) in [6.07, 6.45) is 0.947. The average molecular weight is 415 g/mol. The van der Waals surface area contributed by atoms with Crippen LogP contribution >= 0.6 is 31.9 Å². The van der Waals surface area contributed by atoms with Crippen molar-refractivity contribution in [2.24, 2.45) is 0 Å². The van der Waals surface area contributed by atoms with Gasteiger partial charge >= 0.3 is 0 Å². The van der Waals surface area contributed by atoms with Crippen LogP contribution in [0.2, 0.25) is 0 Å². The molecule has 0 unspecified atom stereocenters. The van der Waals surface area contributed by atoms with Crippen molar-refractivity contribution in [1.29, 1.82) is 0 Å². The maximum absolute atomic E-state index is 4.63. The summed E-state index contributed by atoms with van der Waals surface area (Å²) in [6, 6.07) is 8.75. The lowest BCUT2D eigenvalue weighted by Gasteiger charge is -2.15. The molecule has 2 aromatic rings. The van der Waals surface area contributed by atoms with Crippen LogP contribution < -0.4 is 5.32 Å². The van der Waals surface area contributed by atoms with Gasteiger partial charge in [-0.15, -0.1) is 0 Å². The van der Waals surface area contributed by atoms with E-state index in [2.05, 4.69) is 92.0 Å². The molecular formula is C16H21Br2N3. The van der Waals surface area contributed by atoms with Gasteiger partial charge in [0.15, 0.2) is 0 Å². The molecule has 2 rings (SSSR count). The molecule has 0 spiro atoms. The van der Waals surface area contributed by atoms with E-state index >= 15 is 0 Å². The van der Waals surface area contributed by atoms with Crippen LogP contribution in [0.4, 0.5) is 0 Å². The molecule has 0 aliphatic heterocycles. The van der Waals surface area contributed by atoms with Crippen LogP contribution in [0.3, 0.4) is 0 Å². The first-order valence-corrected chi connectivity index (χ1v) is 8.88. The molecule has 1 aromatic heterocycles. The van der Waals surface area contributed by atoms with Gasteiger partial charge in [-0.3, -0.25) is 4.68 Å². The number of halogens is 2. The molecule has 0 aliphatic carbocycles. The normalized spacial score (nSPS) is 12.6. The van der Waals surface area contributed by atoms with Crippen LogP contribution in [0.15, 0.2) is 33.2 Å². The van der Waals surface area contributed by atoms with Gasteiger partial charge in [0.2, 0.25) is 0 Å². The minimum absolute atomic E-state index is 0.301. The van der Waals surface area contributed by atoms with Crippen molar-refractivity contribution in [3.05, 3.63) is 50.2 Å². The fraction of sp³-hybridized carbons (Fsp3) is 0.438. The van der Waals surface area contributed by atoms with Crippen molar-refractivity contribution in [3.8, 4) is 0 Å². The molecule has 0 bridgehead atoms. The zero-order chi connectivity index (χ0) is 15.4. The quantitative estimate of drug-likeness (QED) is 0.732. The molecule has 0 fully saturated rings. The molecule has 5 heteroatoms.